The molecule has 1 aliphatic rings. The number of carbonyl (C=O) groups is 2. The average Bonchev–Trinajstić information content (AvgIpc) is 2.60. The maximum absolute atomic E-state index is 12.0. The molecule has 2 rings (SSSR count). The molecule has 25 heavy (non-hydrogen) atoms. The number of non-ortho nitro benzene ring substituents is 1. The lowest BCUT2D eigenvalue weighted by Gasteiger charge is -2.22. The predicted molar refractivity (Wildman–Crippen MR) is 86.6 cm³/mol. The first-order chi connectivity index (χ1) is 11.8. The average molecular weight is 370 g/mol. The molecule has 1 aliphatic carbocycles. The Kier molecular flexibility index (Phi) is 6.04. The maximum atomic E-state index is 12.0. The van der Waals surface area contributed by atoms with E-state index in [1.165, 1.54) is 6.07 Å². The zero-order valence-electron chi connectivity index (χ0n) is 13.2. The third-order valence-electron chi connectivity index (χ3n) is 3.78. The number of nitro benzene ring substituents is 1. The Hall–Kier alpha value is -2.53. The van der Waals surface area contributed by atoms with Crippen LogP contribution in [0.25, 0.3) is 0 Å². The molecular weight excluding hydrogens is 352 g/mol. The smallest absolute Gasteiger partial charge is 0.324 e. The second-order valence-electron chi connectivity index (χ2n) is 5.62. The Bertz CT molecular complexity index is 773. The highest BCUT2D eigenvalue weighted by molar-refractivity contribution is 7.89. The molecule has 3 N–H and O–H groups in total. The fourth-order valence-corrected chi connectivity index (χ4v) is 3.37. The second-order valence-corrected chi connectivity index (χ2v) is 7.30. The summed E-state index contributed by atoms with van der Waals surface area (Å²) >= 11 is 0. The molecule has 0 atom stereocenters. The summed E-state index contributed by atoms with van der Waals surface area (Å²) in [7, 11) is -4.24. The number of sulfonamides is 1. The van der Waals surface area contributed by atoms with Gasteiger partial charge >= 0.3 is 11.8 Å². The van der Waals surface area contributed by atoms with E-state index in [2.05, 4.69) is 5.32 Å². The van der Waals surface area contributed by atoms with E-state index in [1.807, 2.05) is 0 Å². The molecule has 136 valence electrons. The number of hydrogen-bond donors (Lipinski definition) is 3. The molecule has 11 heteroatoms. The predicted octanol–water partition coefficient (Wildman–Crippen LogP) is 0.353. The van der Waals surface area contributed by atoms with Crippen molar-refractivity contribution in [2.75, 3.05) is 0 Å². The molecule has 0 aliphatic heterocycles. The number of rotatable bonds is 5. The molecule has 0 spiro atoms. The third-order valence-corrected chi connectivity index (χ3v) is 5.03. The van der Waals surface area contributed by atoms with Gasteiger partial charge in [-0.3, -0.25) is 25.1 Å². The minimum atomic E-state index is -4.24. The lowest BCUT2D eigenvalue weighted by Crippen LogP contribution is -2.50. The zero-order chi connectivity index (χ0) is 18.4. The Morgan fingerprint density at radius 3 is 2.44 bits per heavy atom. The number of nitrogens with zero attached hydrogens (tertiary/aromatic N) is 1. The van der Waals surface area contributed by atoms with Gasteiger partial charge in [0.05, 0.1) is 9.82 Å². The van der Waals surface area contributed by atoms with Crippen LogP contribution in [0.5, 0.6) is 0 Å². The van der Waals surface area contributed by atoms with Gasteiger partial charge in [0, 0.05) is 18.2 Å². The number of amides is 2. The molecule has 1 aromatic rings. The van der Waals surface area contributed by atoms with Gasteiger partial charge in [-0.25, -0.2) is 8.42 Å². The Balaban J connectivity index is 1.94. The minimum absolute atomic E-state index is 0.0969. The van der Waals surface area contributed by atoms with Gasteiger partial charge in [-0.05, 0) is 18.9 Å². The van der Waals surface area contributed by atoms with Crippen LogP contribution in [0.2, 0.25) is 0 Å². The van der Waals surface area contributed by atoms with Crippen molar-refractivity contribution in [1.82, 2.24) is 15.6 Å². The summed E-state index contributed by atoms with van der Waals surface area (Å²) in [6.45, 7) is 0. The van der Waals surface area contributed by atoms with Gasteiger partial charge in [0.1, 0.15) is 0 Å². The van der Waals surface area contributed by atoms with Crippen LogP contribution in [0, 0.1) is 10.1 Å². The molecule has 0 aromatic heterocycles. The molecule has 10 nitrogen and oxygen atoms in total. The molecule has 1 saturated carbocycles. The lowest BCUT2D eigenvalue weighted by atomic mass is 9.95. The van der Waals surface area contributed by atoms with Gasteiger partial charge in [0.25, 0.3) is 15.7 Å². The quantitative estimate of drug-likeness (QED) is 0.387. The highest BCUT2D eigenvalue weighted by Gasteiger charge is 2.23. The van der Waals surface area contributed by atoms with Crippen LogP contribution in [0.1, 0.15) is 32.1 Å². The van der Waals surface area contributed by atoms with Crippen LogP contribution in [-0.4, -0.2) is 31.2 Å². The van der Waals surface area contributed by atoms with E-state index in [9.17, 15) is 28.1 Å². The number of hydrazine groups is 1. The largest absolute Gasteiger partial charge is 0.345 e. The number of carbonyl (C=O) groups excluding carboxylic acids is 2. The Labute approximate surface area is 144 Å². The maximum Gasteiger partial charge on any atom is 0.324 e. The van der Waals surface area contributed by atoms with Crippen molar-refractivity contribution in [3.63, 3.8) is 0 Å². The Morgan fingerprint density at radius 2 is 1.80 bits per heavy atom. The normalized spacial score (nSPS) is 15.4. The monoisotopic (exact) mass is 370 g/mol. The van der Waals surface area contributed by atoms with Crippen molar-refractivity contribution >= 4 is 27.5 Å². The fourth-order valence-electron chi connectivity index (χ4n) is 2.49. The molecule has 2 amide bonds. The standard InChI is InChI=1S/C14H18N4O6S/c19-13(15-10-5-2-1-3-6-10)14(20)16-17-25(23,24)12-8-4-7-11(9-12)18(21)22/h4,7-10,17H,1-3,5-6H2,(H,15,19)(H,16,20). The molecule has 1 aromatic carbocycles. The lowest BCUT2D eigenvalue weighted by molar-refractivity contribution is -0.385. The highest BCUT2D eigenvalue weighted by Crippen LogP contribution is 2.17. The van der Waals surface area contributed by atoms with Gasteiger partial charge in [-0.15, -0.1) is 4.83 Å². The summed E-state index contributed by atoms with van der Waals surface area (Å²) in [5, 5.41) is 13.2. The third kappa shape index (κ3) is 5.22. The molecule has 1 fully saturated rings. The van der Waals surface area contributed by atoms with Gasteiger partial charge in [-0.1, -0.05) is 25.3 Å². The zero-order valence-corrected chi connectivity index (χ0v) is 14.0. The van der Waals surface area contributed by atoms with E-state index in [0.29, 0.717) is 0 Å². The van der Waals surface area contributed by atoms with Crippen LogP contribution >= 0.6 is 0 Å². The topological polar surface area (TPSA) is 148 Å². The molecular formula is C14H18N4O6S. The second kappa shape index (κ2) is 8.03. The van der Waals surface area contributed by atoms with Crippen molar-refractivity contribution in [3.05, 3.63) is 34.4 Å². The van der Waals surface area contributed by atoms with Crippen molar-refractivity contribution < 1.29 is 22.9 Å². The number of benzene rings is 1. The van der Waals surface area contributed by atoms with Gasteiger partial charge in [0.2, 0.25) is 0 Å². The first-order valence-electron chi connectivity index (χ1n) is 7.67. The van der Waals surface area contributed by atoms with Crippen LogP contribution in [-0.2, 0) is 19.6 Å². The summed E-state index contributed by atoms with van der Waals surface area (Å²) in [5.74, 6) is -2.09. The Morgan fingerprint density at radius 1 is 1.12 bits per heavy atom. The minimum Gasteiger partial charge on any atom is -0.345 e. The summed E-state index contributed by atoms with van der Waals surface area (Å²) < 4.78 is 24.1. The van der Waals surface area contributed by atoms with E-state index in [1.54, 1.807) is 10.3 Å². The van der Waals surface area contributed by atoms with Crippen LogP contribution in [0.3, 0.4) is 0 Å². The molecule has 0 heterocycles. The first kappa shape index (κ1) is 18.8. The number of nitrogens with one attached hydrogen (secondary N) is 3. The summed E-state index contributed by atoms with van der Waals surface area (Å²) in [5.41, 5.74) is 1.39. The van der Waals surface area contributed by atoms with Crippen molar-refractivity contribution in [3.8, 4) is 0 Å². The van der Waals surface area contributed by atoms with Gasteiger partial charge in [0.15, 0.2) is 0 Å². The molecule has 0 radical (unpaired) electrons. The number of hydrogen-bond acceptors (Lipinski definition) is 6. The van der Waals surface area contributed by atoms with E-state index in [4.69, 9.17) is 0 Å². The van der Waals surface area contributed by atoms with Crippen molar-refractivity contribution in [1.29, 1.82) is 0 Å². The summed E-state index contributed by atoms with van der Waals surface area (Å²) in [6.07, 6.45) is 4.57. The van der Waals surface area contributed by atoms with E-state index >= 15 is 0 Å². The summed E-state index contributed by atoms with van der Waals surface area (Å²) in [6, 6.07) is 4.21. The molecule has 0 saturated heterocycles. The molecule has 0 bridgehead atoms. The van der Waals surface area contributed by atoms with Crippen LogP contribution < -0.4 is 15.6 Å². The van der Waals surface area contributed by atoms with Crippen LogP contribution in [0.4, 0.5) is 5.69 Å². The van der Waals surface area contributed by atoms with Gasteiger partial charge < -0.3 is 5.32 Å². The van der Waals surface area contributed by atoms with E-state index in [-0.39, 0.29) is 6.04 Å². The van der Waals surface area contributed by atoms with Crippen molar-refractivity contribution in [2.45, 2.75) is 43.0 Å². The van der Waals surface area contributed by atoms with Gasteiger partial charge in [-0.2, -0.15) is 0 Å². The van der Waals surface area contributed by atoms with E-state index in [0.717, 1.165) is 50.3 Å². The summed E-state index contributed by atoms with van der Waals surface area (Å²) in [4.78, 5) is 34.8. The SMILES string of the molecule is O=C(NNS(=O)(=O)c1cccc([N+](=O)[O-])c1)C(=O)NC1CCCCC1. The highest BCUT2D eigenvalue weighted by atomic mass is 32.2. The van der Waals surface area contributed by atoms with Crippen LogP contribution in [0.15, 0.2) is 29.2 Å². The van der Waals surface area contributed by atoms with E-state index < -0.39 is 37.3 Å². The number of nitro groups is 1. The fraction of sp³-hybridized carbons (Fsp3) is 0.429. The first-order valence-corrected chi connectivity index (χ1v) is 9.15. The molecule has 0 unspecified atom stereocenters. The van der Waals surface area contributed by atoms with Crippen molar-refractivity contribution in [2.24, 2.45) is 0 Å².